The second-order valence-corrected chi connectivity index (χ2v) is 7.47. The number of carbonyl (C=O) groups is 1. The topological polar surface area (TPSA) is 60.0 Å². The Morgan fingerprint density at radius 3 is 2.79 bits per heavy atom. The number of rotatable bonds is 6. The molecule has 1 aromatic carbocycles. The molecule has 0 aliphatic carbocycles. The molecule has 1 saturated heterocycles. The van der Waals surface area contributed by atoms with Gasteiger partial charge in [0.1, 0.15) is 0 Å². The molecule has 2 aliphatic heterocycles. The van der Waals surface area contributed by atoms with E-state index in [-0.39, 0.29) is 29.9 Å². The van der Waals surface area contributed by atoms with Gasteiger partial charge >= 0.3 is 0 Å². The van der Waals surface area contributed by atoms with E-state index in [2.05, 4.69) is 44.8 Å². The van der Waals surface area contributed by atoms with E-state index in [1.165, 1.54) is 11.1 Å². The Balaban J connectivity index is 0.00000280. The summed E-state index contributed by atoms with van der Waals surface area (Å²) in [6, 6.07) is 9.07. The number of carbonyl (C=O) groups excluding carboxylic acids is 1. The monoisotopic (exact) mass is 499 g/mol. The van der Waals surface area contributed by atoms with Gasteiger partial charge in [-0.3, -0.25) is 14.7 Å². The second-order valence-electron chi connectivity index (χ2n) is 7.47. The molecule has 2 N–H and O–H groups in total. The Bertz CT molecular complexity index is 666. The van der Waals surface area contributed by atoms with Gasteiger partial charge in [-0.15, -0.1) is 24.0 Å². The number of benzene rings is 1. The highest BCUT2D eigenvalue weighted by atomic mass is 127. The molecule has 0 aromatic heterocycles. The molecular weight excluding hydrogens is 465 g/mol. The maximum atomic E-state index is 11.8. The maximum absolute atomic E-state index is 11.8. The summed E-state index contributed by atoms with van der Waals surface area (Å²) in [5.41, 5.74) is 2.98. The van der Waals surface area contributed by atoms with Crippen LogP contribution >= 0.6 is 24.0 Å². The van der Waals surface area contributed by atoms with Crippen LogP contribution in [-0.4, -0.2) is 67.5 Å². The van der Waals surface area contributed by atoms with Gasteiger partial charge in [0, 0.05) is 58.8 Å². The zero-order chi connectivity index (χ0) is 19.1. The molecule has 1 atom stereocenters. The average Bonchev–Trinajstić information content (AvgIpc) is 3.18. The largest absolute Gasteiger partial charge is 0.356 e. The molecule has 2 aliphatic rings. The minimum atomic E-state index is 0. The third kappa shape index (κ3) is 6.34. The van der Waals surface area contributed by atoms with Crippen LogP contribution in [0.4, 0.5) is 0 Å². The van der Waals surface area contributed by atoms with Crippen LogP contribution < -0.4 is 10.6 Å². The summed E-state index contributed by atoms with van der Waals surface area (Å²) >= 11 is 0. The van der Waals surface area contributed by atoms with E-state index in [4.69, 9.17) is 0 Å². The van der Waals surface area contributed by atoms with Crippen molar-refractivity contribution in [1.29, 1.82) is 0 Å². The summed E-state index contributed by atoms with van der Waals surface area (Å²) in [7, 11) is 1.81. The van der Waals surface area contributed by atoms with Crippen molar-refractivity contribution in [2.45, 2.75) is 45.2 Å². The maximum Gasteiger partial charge on any atom is 0.222 e. The zero-order valence-corrected chi connectivity index (χ0v) is 19.4. The zero-order valence-electron chi connectivity index (χ0n) is 17.1. The van der Waals surface area contributed by atoms with Crippen LogP contribution in [0, 0.1) is 0 Å². The number of hydrogen-bond donors (Lipinski definition) is 2. The van der Waals surface area contributed by atoms with E-state index in [9.17, 15) is 4.79 Å². The number of likely N-dealkylation sites (tertiary alicyclic amines) is 1. The molecule has 6 nitrogen and oxygen atoms in total. The molecule has 1 aromatic rings. The van der Waals surface area contributed by atoms with Crippen molar-refractivity contribution in [2.24, 2.45) is 4.99 Å². The quantitative estimate of drug-likeness (QED) is 0.273. The second kappa shape index (κ2) is 11.6. The Morgan fingerprint density at radius 1 is 1.25 bits per heavy atom. The number of nitrogens with one attached hydrogen (secondary N) is 2. The fraction of sp³-hybridized carbons (Fsp3) is 0.619. The third-order valence-corrected chi connectivity index (χ3v) is 5.56. The predicted molar refractivity (Wildman–Crippen MR) is 125 cm³/mol. The minimum absolute atomic E-state index is 0. The molecule has 1 unspecified atom stereocenters. The molecule has 1 fully saturated rings. The molecule has 3 rings (SSSR count). The van der Waals surface area contributed by atoms with Crippen LogP contribution in [0.5, 0.6) is 0 Å². The highest BCUT2D eigenvalue weighted by Crippen LogP contribution is 2.18. The first-order valence-corrected chi connectivity index (χ1v) is 10.2. The summed E-state index contributed by atoms with van der Waals surface area (Å²) in [6.45, 7) is 7.76. The van der Waals surface area contributed by atoms with Crippen LogP contribution in [0.3, 0.4) is 0 Å². The summed E-state index contributed by atoms with van der Waals surface area (Å²) in [4.78, 5) is 20.6. The van der Waals surface area contributed by atoms with Crippen molar-refractivity contribution in [2.75, 3.05) is 39.8 Å². The Hall–Kier alpha value is -1.35. The van der Waals surface area contributed by atoms with Gasteiger partial charge in [0.05, 0.1) is 0 Å². The fourth-order valence-corrected chi connectivity index (χ4v) is 3.97. The van der Waals surface area contributed by atoms with Gasteiger partial charge in [0.25, 0.3) is 0 Å². The van der Waals surface area contributed by atoms with E-state index in [1.807, 2.05) is 11.8 Å². The van der Waals surface area contributed by atoms with Crippen molar-refractivity contribution in [1.82, 2.24) is 20.4 Å². The number of aliphatic imine (C=N–C) groups is 1. The van der Waals surface area contributed by atoms with Crippen molar-refractivity contribution in [3.63, 3.8) is 0 Å². The van der Waals surface area contributed by atoms with Crippen LogP contribution in [-0.2, 0) is 17.8 Å². The van der Waals surface area contributed by atoms with Gasteiger partial charge in [-0.2, -0.15) is 0 Å². The summed E-state index contributed by atoms with van der Waals surface area (Å²) < 4.78 is 0. The van der Waals surface area contributed by atoms with Crippen LogP contribution in [0.1, 0.15) is 37.3 Å². The molecule has 7 heteroatoms. The van der Waals surface area contributed by atoms with E-state index in [0.29, 0.717) is 12.5 Å². The smallest absolute Gasteiger partial charge is 0.222 e. The molecule has 0 radical (unpaired) electrons. The molecule has 0 saturated carbocycles. The van der Waals surface area contributed by atoms with Crippen LogP contribution in [0.2, 0.25) is 0 Å². The Morgan fingerprint density at radius 2 is 2.04 bits per heavy atom. The van der Waals surface area contributed by atoms with Gasteiger partial charge in [-0.05, 0) is 30.4 Å². The predicted octanol–water partition coefficient (Wildman–Crippen LogP) is 2.23. The molecule has 0 spiro atoms. The normalized spacial score (nSPS) is 19.7. The van der Waals surface area contributed by atoms with Crippen molar-refractivity contribution < 1.29 is 4.79 Å². The lowest BCUT2D eigenvalue weighted by Gasteiger charge is -2.28. The first kappa shape index (κ1) is 22.9. The Kier molecular flexibility index (Phi) is 9.50. The number of hydrogen-bond acceptors (Lipinski definition) is 3. The fourth-order valence-electron chi connectivity index (χ4n) is 3.97. The number of guanidine groups is 1. The minimum Gasteiger partial charge on any atom is -0.356 e. The van der Waals surface area contributed by atoms with Gasteiger partial charge in [0.2, 0.25) is 5.91 Å². The number of fused-ring (bicyclic) bond motifs is 1. The summed E-state index contributed by atoms with van der Waals surface area (Å²) in [5, 5.41) is 6.88. The Labute approximate surface area is 186 Å². The lowest BCUT2D eigenvalue weighted by Crippen LogP contribution is -2.45. The first-order chi connectivity index (χ1) is 13.2. The van der Waals surface area contributed by atoms with E-state index >= 15 is 0 Å². The summed E-state index contributed by atoms with van der Waals surface area (Å²) in [6.07, 6.45) is 3.82. The molecule has 0 bridgehead atoms. The van der Waals surface area contributed by atoms with Gasteiger partial charge in [-0.25, -0.2) is 0 Å². The van der Waals surface area contributed by atoms with E-state index < -0.39 is 0 Å². The van der Waals surface area contributed by atoms with Gasteiger partial charge in [-0.1, -0.05) is 31.2 Å². The molecule has 156 valence electrons. The van der Waals surface area contributed by atoms with Gasteiger partial charge in [0.15, 0.2) is 5.96 Å². The third-order valence-electron chi connectivity index (χ3n) is 5.56. The highest BCUT2D eigenvalue weighted by molar-refractivity contribution is 14.0. The van der Waals surface area contributed by atoms with Crippen molar-refractivity contribution in [3.05, 3.63) is 35.4 Å². The highest BCUT2D eigenvalue weighted by Gasteiger charge is 2.25. The lowest BCUT2D eigenvalue weighted by atomic mass is 10.00. The molecule has 1 amide bonds. The van der Waals surface area contributed by atoms with Crippen LogP contribution in [0.15, 0.2) is 29.3 Å². The average molecular weight is 499 g/mol. The lowest BCUT2D eigenvalue weighted by molar-refractivity contribution is -0.129. The van der Waals surface area contributed by atoms with Crippen molar-refractivity contribution >= 4 is 35.8 Å². The van der Waals surface area contributed by atoms with Crippen LogP contribution in [0.25, 0.3) is 0 Å². The number of nitrogens with zero attached hydrogens (tertiary/aromatic N) is 3. The van der Waals surface area contributed by atoms with Crippen molar-refractivity contribution in [3.8, 4) is 0 Å². The number of amides is 1. The van der Waals surface area contributed by atoms with E-state index in [0.717, 1.165) is 64.5 Å². The molecule has 2 heterocycles. The standard InChI is InChI=1S/C21H33N5O.HI/c1-3-20(27)26-14-10-19(16-26)24-21(22-2)23-11-6-12-25-13-9-17-7-4-5-8-18(17)15-25;/h4-5,7-8,19H,3,6,9-16H2,1-2H3,(H2,22,23,24);1H. The molecule has 28 heavy (non-hydrogen) atoms. The van der Waals surface area contributed by atoms with Gasteiger partial charge < -0.3 is 15.5 Å². The number of halogens is 1. The molecular formula is C21H34IN5O. The summed E-state index contributed by atoms with van der Waals surface area (Å²) in [5.74, 6) is 1.08. The van der Waals surface area contributed by atoms with E-state index in [1.54, 1.807) is 7.05 Å². The first-order valence-electron chi connectivity index (χ1n) is 10.2. The SMILES string of the molecule is CCC(=O)N1CCC(NC(=NC)NCCCN2CCc3ccccc3C2)C1.I.